The maximum Gasteiger partial charge on any atom is 0.0578 e. The van der Waals surface area contributed by atoms with Crippen molar-refractivity contribution in [2.45, 2.75) is 64.0 Å². The molecule has 2 aliphatic rings. The Morgan fingerprint density at radius 1 is 1.27 bits per heavy atom. The first-order chi connectivity index (χ1) is 7.38. The van der Waals surface area contributed by atoms with Crippen LogP contribution in [0.25, 0.3) is 0 Å². The molecule has 1 saturated heterocycles. The van der Waals surface area contributed by atoms with Crippen molar-refractivity contribution >= 4 is 0 Å². The van der Waals surface area contributed by atoms with Gasteiger partial charge in [-0.15, -0.1) is 0 Å². The van der Waals surface area contributed by atoms with E-state index in [0.717, 1.165) is 18.6 Å². The third-order valence-electron chi connectivity index (χ3n) is 3.84. The standard InChI is InChI=1S/C13H25NO/c1-2-7-14-12-6-5-11(9-12)10-13-4-3-8-15-13/h11-14H,2-10H2,1H3. The van der Waals surface area contributed by atoms with Crippen LogP contribution in [-0.2, 0) is 4.74 Å². The lowest BCUT2D eigenvalue weighted by Gasteiger charge is -2.16. The Balaban J connectivity index is 1.63. The summed E-state index contributed by atoms with van der Waals surface area (Å²) < 4.78 is 5.71. The fourth-order valence-corrected chi connectivity index (χ4v) is 3.02. The molecule has 0 aromatic heterocycles. The number of nitrogens with one attached hydrogen (secondary N) is 1. The van der Waals surface area contributed by atoms with Gasteiger partial charge in [0.2, 0.25) is 0 Å². The van der Waals surface area contributed by atoms with E-state index in [-0.39, 0.29) is 0 Å². The zero-order valence-corrected chi connectivity index (χ0v) is 10.0. The van der Waals surface area contributed by atoms with Gasteiger partial charge in [0.05, 0.1) is 6.10 Å². The van der Waals surface area contributed by atoms with E-state index in [4.69, 9.17) is 4.74 Å². The Hall–Kier alpha value is -0.0800. The van der Waals surface area contributed by atoms with Crippen LogP contribution >= 0.6 is 0 Å². The molecule has 1 aliphatic carbocycles. The quantitative estimate of drug-likeness (QED) is 0.755. The van der Waals surface area contributed by atoms with Crippen LogP contribution in [0.2, 0.25) is 0 Å². The maximum atomic E-state index is 5.71. The van der Waals surface area contributed by atoms with Gasteiger partial charge in [-0.1, -0.05) is 6.92 Å². The van der Waals surface area contributed by atoms with Crippen molar-refractivity contribution in [3.63, 3.8) is 0 Å². The van der Waals surface area contributed by atoms with Gasteiger partial charge in [0.15, 0.2) is 0 Å². The topological polar surface area (TPSA) is 21.3 Å². The summed E-state index contributed by atoms with van der Waals surface area (Å²) in [6.07, 6.45) is 9.97. The van der Waals surface area contributed by atoms with E-state index in [0.29, 0.717) is 6.10 Å². The number of rotatable bonds is 5. The van der Waals surface area contributed by atoms with Gasteiger partial charge in [0.1, 0.15) is 0 Å². The Morgan fingerprint density at radius 2 is 2.20 bits per heavy atom. The van der Waals surface area contributed by atoms with E-state index < -0.39 is 0 Å². The van der Waals surface area contributed by atoms with Crippen molar-refractivity contribution < 1.29 is 4.74 Å². The van der Waals surface area contributed by atoms with Crippen LogP contribution in [-0.4, -0.2) is 25.3 Å². The fourth-order valence-electron chi connectivity index (χ4n) is 3.02. The second-order valence-corrected chi connectivity index (χ2v) is 5.20. The van der Waals surface area contributed by atoms with Crippen molar-refractivity contribution in [2.75, 3.05) is 13.2 Å². The smallest absolute Gasteiger partial charge is 0.0578 e. The summed E-state index contributed by atoms with van der Waals surface area (Å²) in [5.74, 6) is 0.933. The van der Waals surface area contributed by atoms with E-state index in [2.05, 4.69) is 12.2 Å². The zero-order chi connectivity index (χ0) is 10.5. The van der Waals surface area contributed by atoms with Crippen LogP contribution in [0.1, 0.15) is 51.9 Å². The van der Waals surface area contributed by atoms with E-state index in [9.17, 15) is 0 Å². The second kappa shape index (κ2) is 5.86. The van der Waals surface area contributed by atoms with E-state index >= 15 is 0 Å². The first kappa shape index (κ1) is 11.4. The predicted octanol–water partition coefficient (Wildman–Crippen LogP) is 2.72. The summed E-state index contributed by atoms with van der Waals surface area (Å²) in [6.45, 7) is 4.44. The highest BCUT2D eigenvalue weighted by Gasteiger charge is 2.27. The van der Waals surface area contributed by atoms with Crippen molar-refractivity contribution in [1.82, 2.24) is 5.32 Å². The summed E-state index contributed by atoms with van der Waals surface area (Å²) >= 11 is 0. The van der Waals surface area contributed by atoms with Crippen LogP contribution in [0, 0.1) is 5.92 Å². The number of hydrogen-bond donors (Lipinski definition) is 1. The molecule has 2 fully saturated rings. The minimum absolute atomic E-state index is 0.597. The van der Waals surface area contributed by atoms with E-state index in [1.54, 1.807) is 0 Å². The molecule has 3 unspecified atom stereocenters. The SMILES string of the molecule is CCCNC1CCC(CC2CCCO2)C1. The summed E-state index contributed by atoms with van der Waals surface area (Å²) in [4.78, 5) is 0. The van der Waals surface area contributed by atoms with Gasteiger partial charge in [0.25, 0.3) is 0 Å². The third-order valence-corrected chi connectivity index (χ3v) is 3.84. The number of ether oxygens (including phenoxy) is 1. The molecule has 1 saturated carbocycles. The first-order valence-corrected chi connectivity index (χ1v) is 6.73. The molecule has 0 radical (unpaired) electrons. The molecule has 1 heterocycles. The predicted molar refractivity (Wildman–Crippen MR) is 63.0 cm³/mol. The summed E-state index contributed by atoms with van der Waals surface area (Å²) in [5, 5.41) is 3.65. The normalized spacial score (nSPS) is 36.2. The van der Waals surface area contributed by atoms with E-state index in [1.807, 2.05) is 0 Å². The van der Waals surface area contributed by atoms with Gasteiger partial charge in [-0.25, -0.2) is 0 Å². The summed E-state index contributed by atoms with van der Waals surface area (Å²) in [5.41, 5.74) is 0. The molecule has 1 aliphatic heterocycles. The van der Waals surface area contributed by atoms with Crippen molar-refractivity contribution in [1.29, 1.82) is 0 Å². The average molecular weight is 211 g/mol. The molecule has 2 nitrogen and oxygen atoms in total. The average Bonchev–Trinajstić information content (AvgIpc) is 2.87. The van der Waals surface area contributed by atoms with Crippen LogP contribution in [0.4, 0.5) is 0 Å². The molecule has 88 valence electrons. The summed E-state index contributed by atoms with van der Waals surface area (Å²) in [6, 6.07) is 0.802. The maximum absolute atomic E-state index is 5.71. The highest BCUT2D eigenvalue weighted by Crippen LogP contribution is 2.32. The van der Waals surface area contributed by atoms with Gasteiger partial charge in [-0.2, -0.15) is 0 Å². The fraction of sp³-hybridized carbons (Fsp3) is 1.00. The minimum atomic E-state index is 0.597. The van der Waals surface area contributed by atoms with Crippen LogP contribution < -0.4 is 5.32 Å². The molecule has 1 N–H and O–H groups in total. The molecular formula is C13H25NO. The molecular weight excluding hydrogens is 186 g/mol. The van der Waals surface area contributed by atoms with Crippen molar-refractivity contribution in [3.8, 4) is 0 Å². The first-order valence-electron chi connectivity index (χ1n) is 6.73. The molecule has 0 spiro atoms. The molecule has 0 aromatic rings. The van der Waals surface area contributed by atoms with Gasteiger partial charge in [0, 0.05) is 12.6 Å². The monoisotopic (exact) mass is 211 g/mol. The van der Waals surface area contributed by atoms with Gasteiger partial charge in [-0.05, 0) is 57.4 Å². The number of hydrogen-bond acceptors (Lipinski definition) is 2. The lowest BCUT2D eigenvalue weighted by molar-refractivity contribution is 0.0900. The molecule has 2 rings (SSSR count). The van der Waals surface area contributed by atoms with Gasteiger partial charge >= 0.3 is 0 Å². The zero-order valence-electron chi connectivity index (χ0n) is 10.0. The minimum Gasteiger partial charge on any atom is -0.378 e. The van der Waals surface area contributed by atoms with Crippen molar-refractivity contribution in [2.24, 2.45) is 5.92 Å². The summed E-state index contributed by atoms with van der Waals surface area (Å²) in [7, 11) is 0. The Bertz CT molecular complexity index is 177. The van der Waals surface area contributed by atoms with Crippen LogP contribution in [0.15, 0.2) is 0 Å². The van der Waals surface area contributed by atoms with Crippen LogP contribution in [0.3, 0.4) is 0 Å². The Morgan fingerprint density at radius 3 is 2.93 bits per heavy atom. The van der Waals surface area contributed by atoms with Crippen LogP contribution in [0.5, 0.6) is 0 Å². The highest BCUT2D eigenvalue weighted by molar-refractivity contribution is 4.83. The molecule has 0 amide bonds. The van der Waals surface area contributed by atoms with Crippen molar-refractivity contribution in [3.05, 3.63) is 0 Å². The molecule has 2 heteroatoms. The Labute approximate surface area is 93.8 Å². The lowest BCUT2D eigenvalue weighted by Crippen LogP contribution is -2.27. The lowest BCUT2D eigenvalue weighted by atomic mass is 9.98. The Kier molecular flexibility index (Phi) is 4.45. The van der Waals surface area contributed by atoms with Gasteiger partial charge < -0.3 is 10.1 Å². The highest BCUT2D eigenvalue weighted by atomic mass is 16.5. The largest absolute Gasteiger partial charge is 0.378 e. The molecule has 0 bridgehead atoms. The van der Waals surface area contributed by atoms with E-state index in [1.165, 1.54) is 51.5 Å². The molecule has 3 atom stereocenters. The second-order valence-electron chi connectivity index (χ2n) is 5.20. The third kappa shape index (κ3) is 3.46. The van der Waals surface area contributed by atoms with Gasteiger partial charge in [-0.3, -0.25) is 0 Å². The molecule has 15 heavy (non-hydrogen) atoms. The molecule has 0 aromatic carbocycles.